The molecule has 2 aromatic carbocycles. The average Bonchev–Trinajstić information content (AvgIpc) is 2.80. The summed E-state index contributed by atoms with van der Waals surface area (Å²) in [6.45, 7) is 1.59. The number of nitrogens with zero attached hydrogens (tertiary/aromatic N) is 1. The average molecular weight is 344 g/mol. The zero-order valence-corrected chi connectivity index (χ0v) is 13.5. The number of hydrazine groups is 1. The summed E-state index contributed by atoms with van der Waals surface area (Å²) in [6.07, 6.45) is 0. The highest BCUT2D eigenvalue weighted by atomic mass is 35.5. The van der Waals surface area contributed by atoms with Gasteiger partial charge in [0.1, 0.15) is 5.54 Å². The Morgan fingerprint density at radius 1 is 1.08 bits per heavy atom. The summed E-state index contributed by atoms with van der Waals surface area (Å²) in [5.74, 6) is -1.21. The molecule has 6 nitrogen and oxygen atoms in total. The van der Waals surface area contributed by atoms with Gasteiger partial charge in [0.15, 0.2) is 0 Å². The summed E-state index contributed by atoms with van der Waals surface area (Å²) >= 11 is 5.96. The van der Waals surface area contributed by atoms with Crippen LogP contribution in [-0.2, 0) is 10.3 Å². The lowest BCUT2D eigenvalue weighted by Gasteiger charge is -2.22. The number of hydrogen-bond acceptors (Lipinski definition) is 3. The number of carbonyl (C=O) groups is 3. The van der Waals surface area contributed by atoms with Crippen molar-refractivity contribution in [3.05, 3.63) is 70.7 Å². The van der Waals surface area contributed by atoms with E-state index in [0.717, 1.165) is 0 Å². The van der Waals surface area contributed by atoms with E-state index in [1.54, 1.807) is 49.4 Å². The quantitative estimate of drug-likeness (QED) is 0.840. The number of benzene rings is 2. The summed E-state index contributed by atoms with van der Waals surface area (Å²) in [4.78, 5) is 37.1. The van der Waals surface area contributed by atoms with Crippen molar-refractivity contribution in [1.82, 2.24) is 15.8 Å². The molecule has 1 aliphatic rings. The first-order valence-electron chi connectivity index (χ1n) is 7.21. The minimum absolute atomic E-state index is 0.174. The SMILES string of the molecule is C[C@]1(c2ccccc2)NC(=O)N(NC(=O)c2ccccc2Cl)C1=O. The summed E-state index contributed by atoms with van der Waals surface area (Å²) in [5, 5.41) is 3.52. The Labute approximate surface area is 143 Å². The van der Waals surface area contributed by atoms with Crippen LogP contribution in [0.2, 0.25) is 5.02 Å². The molecule has 1 saturated heterocycles. The predicted molar refractivity (Wildman–Crippen MR) is 88.1 cm³/mol. The van der Waals surface area contributed by atoms with Crippen molar-refractivity contribution < 1.29 is 14.4 Å². The van der Waals surface area contributed by atoms with E-state index in [9.17, 15) is 14.4 Å². The molecular weight excluding hydrogens is 330 g/mol. The maximum Gasteiger partial charge on any atom is 0.344 e. The third-order valence-electron chi connectivity index (χ3n) is 3.87. The molecule has 0 spiro atoms. The van der Waals surface area contributed by atoms with Crippen LogP contribution in [0.4, 0.5) is 4.79 Å². The monoisotopic (exact) mass is 343 g/mol. The number of nitrogens with one attached hydrogen (secondary N) is 2. The van der Waals surface area contributed by atoms with E-state index in [1.165, 1.54) is 6.07 Å². The normalized spacial score (nSPS) is 20.0. The first kappa shape index (κ1) is 16.0. The van der Waals surface area contributed by atoms with Crippen LogP contribution in [0.25, 0.3) is 0 Å². The lowest BCUT2D eigenvalue weighted by Crippen LogP contribution is -2.48. The molecule has 1 aliphatic heterocycles. The molecule has 0 aliphatic carbocycles. The number of carbonyl (C=O) groups excluding carboxylic acids is 3. The zero-order chi connectivity index (χ0) is 17.3. The maximum absolute atomic E-state index is 12.7. The van der Waals surface area contributed by atoms with Crippen molar-refractivity contribution in [2.75, 3.05) is 0 Å². The highest BCUT2D eigenvalue weighted by molar-refractivity contribution is 6.33. The Bertz CT molecular complexity index is 825. The number of amides is 4. The van der Waals surface area contributed by atoms with E-state index in [0.29, 0.717) is 10.6 Å². The van der Waals surface area contributed by atoms with E-state index in [-0.39, 0.29) is 10.6 Å². The lowest BCUT2D eigenvalue weighted by atomic mass is 9.92. The molecule has 0 aromatic heterocycles. The van der Waals surface area contributed by atoms with Gasteiger partial charge in [0.05, 0.1) is 10.6 Å². The van der Waals surface area contributed by atoms with Crippen molar-refractivity contribution in [3.63, 3.8) is 0 Å². The number of halogens is 1. The number of imide groups is 1. The Kier molecular flexibility index (Phi) is 3.99. The topological polar surface area (TPSA) is 78.5 Å². The molecule has 3 rings (SSSR count). The smallest absolute Gasteiger partial charge is 0.318 e. The number of urea groups is 1. The van der Waals surface area contributed by atoms with Crippen LogP contribution in [0.3, 0.4) is 0 Å². The molecule has 1 heterocycles. The summed E-state index contributed by atoms with van der Waals surface area (Å²) in [6, 6.07) is 14.5. The fraction of sp³-hybridized carbons (Fsp3) is 0.118. The van der Waals surface area contributed by atoms with Gasteiger partial charge in [-0.1, -0.05) is 54.1 Å². The number of rotatable bonds is 3. The lowest BCUT2D eigenvalue weighted by molar-refractivity contribution is -0.132. The van der Waals surface area contributed by atoms with Crippen molar-refractivity contribution >= 4 is 29.4 Å². The second-order valence-corrected chi connectivity index (χ2v) is 5.89. The second-order valence-electron chi connectivity index (χ2n) is 5.48. The van der Waals surface area contributed by atoms with Gasteiger partial charge in [0, 0.05) is 0 Å². The first-order valence-corrected chi connectivity index (χ1v) is 7.59. The predicted octanol–water partition coefficient (Wildman–Crippen LogP) is 2.45. The van der Waals surface area contributed by atoms with Crippen LogP contribution in [-0.4, -0.2) is 22.9 Å². The van der Waals surface area contributed by atoms with Crippen molar-refractivity contribution in [3.8, 4) is 0 Å². The molecule has 24 heavy (non-hydrogen) atoms. The van der Waals surface area contributed by atoms with Crippen LogP contribution < -0.4 is 10.7 Å². The third-order valence-corrected chi connectivity index (χ3v) is 4.20. The highest BCUT2D eigenvalue weighted by Gasteiger charge is 2.50. The van der Waals surface area contributed by atoms with Gasteiger partial charge in [-0.3, -0.25) is 15.0 Å². The van der Waals surface area contributed by atoms with Crippen LogP contribution in [0.5, 0.6) is 0 Å². The van der Waals surface area contributed by atoms with Crippen LogP contribution in [0.15, 0.2) is 54.6 Å². The van der Waals surface area contributed by atoms with E-state index in [4.69, 9.17) is 11.6 Å². The molecular formula is C17H14ClN3O3. The third kappa shape index (κ3) is 2.61. The Morgan fingerprint density at radius 2 is 1.71 bits per heavy atom. The summed E-state index contributed by atoms with van der Waals surface area (Å²) < 4.78 is 0. The largest absolute Gasteiger partial charge is 0.344 e. The van der Waals surface area contributed by atoms with Gasteiger partial charge in [0.2, 0.25) is 0 Å². The summed E-state index contributed by atoms with van der Waals surface area (Å²) in [7, 11) is 0. The van der Waals surface area contributed by atoms with Gasteiger partial charge in [-0.25, -0.2) is 4.79 Å². The van der Waals surface area contributed by atoms with E-state index in [2.05, 4.69) is 10.7 Å². The fourth-order valence-electron chi connectivity index (χ4n) is 2.51. The molecule has 4 amide bonds. The van der Waals surface area contributed by atoms with Gasteiger partial charge in [-0.15, -0.1) is 0 Å². The fourth-order valence-corrected chi connectivity index (χ4v) is 2.74. The van der Waals surface area contributed by atoms with E-state index < -0.39 is 23.4 Å². The van der Waals surface area contributed by atoms with Crippen LogP contribution >= 0.6 is 11.6 Å². The first-order chi connectivity index (χ1) is 11.4. The van der Waals surface area contributed by atoms with E-state index in [1.807, 2.05) is 6.07 Å². The zero-order valence-electron chi connectivity index (χ0n) is 12.7. The highest BCUT2D eigenvalue weighted by Crippen LogP contribution is 2.27. The Hall–Kier alpha value is -2.86. The molecule has 0 bridgehead atoms. The van der Waals surface area contributed by atoms with Crippen molar-refractivity contribution in [2.45, 2.75) is 12.5 Å². The van der Waals surface area contributed by atoms with Crippen molar-refractivity contribution in [1.29, 1.82) is 0 Å². The van der Waals surface area contributed by atoms with Crippen LogP contribution in [0.1, 0.15) is 22.8 Å². The molecule has 1 atom stereocenters. The van der Waals surface area contributed by atoms with Gasteiger partial charge < -0.3 is 5.32 Å². The van der Waals surface area contributed by atoms with Crippen LogP contribution in [0, 0.1) is 0 Å². The minimum atomic E-state index is -1.24. The molecule has 0 radical (unpaired) electrons. The molecule has 122 valence electrons. The maximum atomic E-state index is 12.7. The molecule has 2 aromatic rings. The Balaban J connectivity index is 1.85. The summed E-state index contributed by atoms with van der Waals surface area (Å²) in [5.41, 5.74) is 1.86. The molecule has 0 unspecified atom stereocenters. The molecule has 1 fully saturated rings. The minimum Gasteiger partial charge on any atom is -0.318 e. The van der Waals surface area contributed by atoms with Gasteiger partial charge in [-0.05, 0) is 24.6 Å². The van der Waals surface area contributed by atoms with E-state index >= 15 is 0 Å². The molecule has 2 N–H and O–H groups in total. The van der Waals surface area contributed by atoms with Crippen molar-refractivity contribution in [2.24, 2.45) is 0 Å². The number of hydrogen-bond donors (Lipinski definition) is 2. The Morgan fingerprint density at radius 3 is 2.38 bits per heavy atom. The van der Waals surface area contributed by atoms with Gasteiger partial charge in [-0.2, -0.15) is 5.01 Å². The molecule has 0 saturated carbocycles. The van der Waals surface area contributed by atoms with Gasteiger partial charge >= 0.3 is 6.03 Å². The standard InChI is InChI=1S/C17H14ClN3O3/c1-17(11-7-3-2-4-8-11)15(23)21(16(24)19-17)20-14(22)12-9-5-6-10-13(12)18/h2-10H,1H3,(H,19,24)(H,20,22)/t17-/m1/s1. The molecule has 7 heteroatoms. The van der Waals surface area contributed by atoms with Gasteiger partial charge in [0.25, 0.3) is 11.8 Å². The second kappa shape index (κ2) is 5.98.